The lowest BCUT2D eigenvalue weighted by atomic mass is 9.68. The van der Waals surface area contributed by atoms with Crippen molar-refractivity contribution < 1.29 is 14.0 Å². The van der Waals surface area contributed by atoms with Crippen LogP contribution < -0.4 is 9.77 Å². The number of imide groups is 1. The van der Waals surface area contributed by atoms with E-state index < -0.39 is 5.82 Å². The van der Waals surface area contributed by atoms with Crippen molar-refractivity contribution in [2.75, 3.05) is 4.90 Å². The third-order valence-corrected chi connectivity index (χ3v) is 11.5. The van der Waals surface area contributed by atoms with Gasteiger partial charge in [0.05, 0.1) is 22.5 Å². The van der Waals surface area contributed by atoms with Crippen LogP contribution in [0.5, 0.6) is 0 Å². The molecule has 2 aliphatic carbocycles. The van der Waals surface area contributed by atoms with Gasteiger partial charge in [0.15, 0.2) is 0 Å². The van der Waals surface area contributed by atoms with Gasteiger partial charge in [-0.2, -0.15) is 0 Å². The Balaban J connectivity index is 1.30. The zero-order valence-electron chi connectivity index (χ0n) is 20.7. The number of H-pyrrole nitrogens is 1. The van der Waals surface area contributed by atoms with Gasteiger partial charge < -0.3 is 4.98 Å². The van der Waals surface area contributed by atoms with E-state index in [1.807, 2.05) is 0 Å². The van der Waals surface area contributed by atoms with Crippen molar-refractivity contribution >= 4 is 40.6 Å². The molecule has 5 nitrogen and oxygen atoms in total. The molecule has 3 aromatic rings. The van der Waals surface area contributed by atoms with Crippen molar-refractivity contribution in [3.05, 3.63) is 80.0 Å². The first-order chi connectivity index (χ1) is 17.6. The molecular weight excluding hydrogens is 507 g/mol. The molecule has 2 amide bonds. The van der Waals surface area contributed by atoms with E-state index in [2.05, 4.69) is 50.0 Å². The van der Waals surface area contributed by atoms with E-state index in [9.17, 15) is 18.8 Å². The van der Waals surface area contributed by atoms with E-state index in [-0.39, 0.29) is 62.9 Å². The lowest BCUT2D eigenvalue weighted by Gasteiger charge is -2.43. The van der Waals surface area contributed by atoms with Gasteiger partial charge in [-0.1, -0.05) is 56.4 Å². The third kappa shape index (κ3) is 3.31. The predicted octanol–water partition coefficient (Wildman–Crippen LogP) is 5.55. The smallest absolute Gasteiger partial charge is 0.305 e. The Labute approximate surface area is 222 Å². The molecule has 0 unspecified atom stereocenters. The maximum atomic E-state index is 13.7. The number of fused-ring (bicyclic) bond motifs is 9. The molecular formula is C29H27FN2O3S2. The molecule has 8 heteroatoms. The SMILES string of the molecule is CC(C)(C)c1ccc([C@H]2c3sc(=O)[nH]c3S[C@@H]3[C@@H]4C[C@H]([C@H]5C(=O)N(c6ccc(F)cc6)C(=O)[C@H]45)[C@H]23)cc1. The van der Waals surface area contributed by atoms with Gasteiger partial charge in [-0.25, -0.2) is 4.39 Å². The molecule has 7 atom stereocenters. The molecule has 1 N–H and O–H groups in total. The minimum Gasteiger partial charge on any atom is -0.307 e. The Bertz CT molecular complexity index is 1490. The number of anilines is 1. The molecule has 4 aliphatic rings. The second kappa shape index (κ2) is 7.90. The maximum Gasteiger partial charge on any atom is 0.305 e. The average Bonchev–Trinajstić information content (AvgIpc) is 3.58. The quantitative estimate of drug-likeness (QED) is 0.438. The summed E-state index contributed by atoms with van der Waals surface area (Å²) in [5.41, 5.74) is 2.89. The second-order valence-electron chi connectivity index (χ2n) is 11.8. The minimum absolute atomic E-state index is 0.0120. The Kier molecular flexibility index (Phi) is 5.00. The molecule has 1 saturated heterocycles. The van der Waals surface area contributed by atoms with Crippen LogP contribution in [0, 0.1) is 35.4 Å². The maximum absolute atomic E-state index is 13.7. The first-order valence-corrected chi connectivity index (χ1v) is 14.5. The predicted molar refractivity (Wildman–Crippen MR) is 143 cm³/mol. The number of benzene rings is 2. The number of aromatic amines is 1. The summed E-state index contributed by atoms with van der Waals surface area (Å²) < 4.78 is 13.5. The number of halogens is 1. The van der Waals surface area contributed by atoms with Crippen molar-refractivity contribution in [1.29, 1.82) is 0 Å². The molecule has 0 spiro atoms. The summed E-state index contributed by atoms with van der Waals surface area (Å²) >= 11 is 2.97. The highest BCUT2D eigenvalue weighted by atomic mass is 32.2. The summed E-state index contributed by atoms with van der Waals surface area (Å²) in [4.78, 5) is 45.2. The summed E-state index contributed by atoms with van der Waals surface area (Å²) in [7, 11) is 0. The second-order valence-corrected chi connectivity index (χ2v) is 14.0. The standard InChI is InChI=1S/C29H27FN2O3S2/c1-29(2,3)14-6-4-13(5-7-14)19-20-17-12-18(23(20)36-25-24(19)37-28(35)31-25)22-21(17)26(33)32(27(22)34)16-10-8-15(30)9-11-16/h4-11,17-23H,12H2,1-3H3,(H,31,35)/t17-,18+,19+,20+,21+,22+,23+/m0/s1. The zero-order valence-corrected chi connectivity index (χ0v) is 22.4. The molecule has 3 heterocycles. The van der Waals surface area contributed by atoms with Crippen molar-refractivity contribution in [3.8, 4) is 0 Å². The Morgan fingerprint density at radius 1 is 0.919 bits per heavy atom. The number of thioether (sulfide) groups is 1. The molecule has 190 valence electrons. The van der Waals surface area contributed by atoms with E-state index in [0.29, 0.717) is 5.69 Å². The highest BCUT2D eigenvalue weighted by molar-refractivity contribution is 8.00. The normalized spacial score (nSPS) is 32.0. The highest BCUT2D eigenvalue weighted by Gasteiger charge is 2.69. The van der Waals surface area contributed by atoms with Crippen LogP contribution in [0.3, 0.4) is 0 Å². The lowest BCUT2D eigenvalue weighted by molar-refractivity contribution is -0.123. The van der Waals surface area contributed by atoms with Crippen LogP contribution >= 0.6 is 23.1 Å². The molecule has 2 saturated carbocycles. The van der Waals surface area contributed by atoms with Crippen LogP contribution in [0.15, 0.2) is 58.4 Å². The van der Waals surface area contributed by atoms with Crippen LogP contribution in [-0.2, 0) is 15.0 Å². The number of amides is 2. The van der Waals surface area contributed by atoms with Gasteiger partial charge in [0, 0.05) is 16.0 Å². The molecule has 3 fully saturated rings. The fourth-order valence-electron chi connectivity index (χ4n) is 7.43. The minimum atomic E-state index is -0.397. The van der Waals surface area contributed by atoms with E-state index in [1.54, 1.807) is 11.8 Å². The topological polar surface area (TPSA) is 70.2 Å². The van der Waals surface area contributed by atoms with Crippen molar-refractivity contribution in [2.24, 2.45) is 29.6 Å². The van der Waals surface area contributed by atoms with E-state index in [1.165, 1.54) is 46.1 Å². The number of thiazole rings is 1. The van der Waals surface area contributed by atoms with Gasteiger partial charge >= 0.3 is 4.87 Å². The van der Waals surface area contributed by atoms with Crippen LogP contribution in [-0.4, -0.2) is 22.0 Å². The number of nitrogens with zero attached hydrogens (tertiary/aromatic N) is 1. The van der Waals surface area contributed by atoms with Gasteiger partial charge in [0.25, 0.3) is 0 Å². The highest BCUT2D eigenvalue weighted by Crippen LogP contribution is 2.68. The molecule has 0 radical (unpaired) electrons. The molecule has 2 aromatic carbocycles. The number of rotatable bonds is 2. The average molecular weight is 535 g/mol. The van der Waals surface area contributed by atoms with Crippen LogP contribution in [0.2, 0.25) is 0 Å². The number of nitrogens with one attached hydrogen (secondary N) is 1. The zero-order chi connectivity index (χ0) is 25.8. The van der Waals surface area contributed by atoms with Crippen LogP contribution in [0.25, 0.3) is 0 Å². The Morgan fingerprint density at radius 3 is 2.22 bits per heavy atom. The van der Waals surface area contributed by atoms with Gasteiger partial charge in [-0.05, 0) is 65.0 Å². The number of hydrogen-bond acceptors (Lipinski definition) is 5. The summed E-state index contributed by atoms with van der Waals surface area (Å²) in [6, 6.07) is 14.3. The van der Waals surface area contributed by atoms with E-state index in [0.717, 1.165) is 21.9 Å². The third-order valence-electron chi connectivity index (χ3n) is 8.94. The van der Waals surface area contributed by atoms with Gasteiger partial charge in [0.1, 0.15) is 5.82 Å². The first-order valence-electron chi connectivity index (χ1n) is 12.8. The molecule has 37 heavy (non-hydrogen) atoms. The summed E-state index contributed by atoms with van der Waals surface area (Å²) in [5, 5.41) is 1.07. The van der Waals surface area contributed by atoms with Crippen molar-refractivity contribution in [2.45, 2.75) is 48.8 Å². The summed E-state index contributed by atoms with van der Waals surface area (Å²) in [6.07, 6.45) is 0.849. The molecule has 2 bridgehead atoms. The van der Waals surface area contributed by atoms with Gasteiger partial charge in [0.2, 0.25) is 11.8 Å². The Hall–Kier alpha value is -2.71. The summed E-state index contributed by atoms with van der Waals surface area (Å²) in [6.45, 7) is 6.57. The van der Waals surface area contributed by atoms with E-state index in [4.69, 9.17) is 0 Å². The molecule has 7 rings (SSSR count). The first kappa shape index (κ1) is 23.4. The van der Waals surface area contributed by atoms with E-state index >= 15 is 0 Å². The number of carbonyl (C=O) groups is 2. The molecule has 2 aliphatic heterocycles. The fourth-order valence-corrected chi connectivity index (χ4v) is 10.3. The van der Waals surface area contributed by atoms with Gasteiger partial charge in [-0.15, -0.1) is 11.8 Å². The number of hydrogen-bond donors (Lipinski definition) is 1. The number of carbonyl (C=O) groups excluding carboxylic acids is 2. The fraction of sp³-hybridized carbons (Fsp3) is 0.414. The van der Waals surface area contributed by atoms with Crippen molar-refractivity contribution in [3.63, 3.8) is 0 Å². The monoisotopic (exact) mass is 534 g/mol. The Morgan fingerprint density at radius 2 is 1.57 bits per heavy atom. The number of aromatic nitrogens is 1. The van der Waals surface area contributed by atoms with Crippen LogP contribution in [0.4, 0.5) is 10.1 Å². The lowest BCUT2D eigenvalue weighted by Crippen LogP contribution is -2.42. The van der Waals surface area contributed by atoms with Crippen molar-refractivity contribution in [1.82, 2.24) is 4.98 Å². The largest absolute Gasteiger partial charge is 0.307 e. The summed E-state index contributed by atoms with van der Waals surface area (Å²) in [5.74, 6) is -1.13. The van der Waals surface area contributed by atoms with Crippen LogP contribution in [0.1, 0.15) is 49.1 Å². The molecule has 1 aromatic heterocycles. The van der Waals surface area contributed by atoms with Gasteiger partial charge in [-0.3, -0.25) is 19.3 Å².